The van der Waals surface area contributed by atoms with Crippen LogP contribution >= 0.6 is 0 Å². The van der Waals surface area contributed by atoms with E-state index in [0.29, 0.717) is 13.1 Å². The van der Waals surface area contributed by atoms with E-state index < -0.39 is 6.10 Å². The monoisotopic (exact) mass is 318 g/mol. The summed E-state index contributed by atoms with van der Waals surface area (Å²) in [6.45, 7) is 9.40. The molecular formula is C18H26N2O3. The minimum atomic E-state index is -0.554. The van der Waals surface area contributed by atoms with Crippen LogP contribution in [0, 0.1) is 27.7 Å². The number of rotatable bonds is 7. The zero-order valence-corrected chi connectivity index (χ0v) is 14.6. The van der Waals surface area contributed by atoms with E-state index in [1.165, 1.54) is 0 Å². The number of nitrogens with zero attached hydrogens (tertiary/aromatic N) is 2. The third-order valence-electron chi connectivity index (χ3n) is 3.77. The summed E-state index contributed by atoms with van der Waals surface area (Å²) >= 11 is 0. The highest BCUT2D eigenvalue weighted by molar-refractivity contribution is 5.33. The van der Waals surface area contributed by atoms with Gasteiger partial charge in [-0.3, -0.25) is 4.90 Å². The van der Waals surface area contributed by atoms with Crippen LogP contribution in [0.4, 0.5) is 0 Å². The fraction of sp³-hybridized carbons (Fsp3) is 0.500. The van der Waals surface area contributed by atoms with Gasteiger partial charge in [0.05, 0.1) is 5.69 Å². The van der Waals surface area contributed by atoms with Crippen molar-refractivity contribution in [3.8, 4) is 5.75 Å². The minimum absolute atomic E-state index is 0.273. The van der Waals surface area contributed by atoms with Gasteiger partial charge in [-0.25, -0.2) is 0 Å². The van der Waals surface area contributed by atoms with E-state index in [4.69, 9.17) is 9.26 Å². The second-order valence-corrected chi connectivity index (χ2v) is 6.29. The van der Waals surface area contributed by atoms with Crippen molar-refractivity contribution in [2.24, 2.45) is 0 Å². The molecule has 0 amide bonds. The second kappa shape index (κ2) is 7.62. The molecule has 0 saturated carbocycles. The molecule has 23 heavy (non-hydrogen) atoms. The molecular weight excluding hydrogens is 292 g/mol. The van der Waals surface area contributed by atoms with E-state index in [1.807, 2.05) is 51.8 Å². The van der Waals surface area contributed by atoms with Crippen molar-refractivity contribution in [3.05, 3.63) is 46.3 Å². The summed E-state index contributed by atoms with van der Waals surface area (Å²) in [6.07, 6.45) is -0.554. The number of benzene rings is 1. The zero-order valence-electron chi connectivity index (χ0n) is 14.6. The average Bonchev–Trinajstić information content (AvgIpc) is 2.76. The summed E-state index contributed by atoms with van der Waals surface area (Å²) in [5, 5.41) is 14.1. The third kappa shape index (κ3) is 5.08. The molecule has 0 radical (unpaired) electrons. The highest BCUT2D eigenvalue weighted by atomic mass is 16.5. The largest absolute Gasteiger partial charge is 0.491 e. The molecule has 1 heterocycles. The minimum Gasteiger partial charge on any atom is -0.491 e. The molecule has 0 aliphatic rings. The van der Waals surface area contributed by atoms with E-state index in [-0.39, 0.29) is 6.61 Å². The van der Waals surface area contributed by atoms with Crippen molar-refractivity contribution in [3.63, 3.8) is 0 Å². The van der Waals surface area contributed by atoms with Gasteiger partial charge in [0.2, 0.25) is 0 Å². The zero-order chi connectivity index (χ0) is 17.0. The standard InChI is InChI=1S/C18H26N2O3/c1-12-6-13(2)8-17(7-12)22-11-16(21)9-20(5)10-18-14(3)19-23-15(18)4/h6-8,16,21H,9-11H2,1-5H3. The first-order chi connectivity index (χ1) is 10.8. The van der Waals surface area contributed by atoms with Crippen molar-refractivity contribution >= 4 is 0 Å². The third-order valence-corrected chi connectivity index (χ3v) is 3.77. The van der Waals surface area contributed by atoms with E-state index in [9.17, 15) is 5.11 Å². The van der Waals surface area contributed by atoms with E-state index in [2.05, 4.69) is 11.2 Å². The van der Waals surface area contributed by atoms with Gasteiger partial charge in [0.25, 0.3) is 0 Å². The molecule has 1 unspecified atom stereocenters. The molecule has 126 valence electrons. The predicted molar refractivity (Wildman–Crippen MR) is 89.7 cm³/mol. The first-order valence-electron chi connectivity index (χ1n) is 7.84. The van der Waals surface area contributed by atoms with Crippen LogP contribution in [-0.2, 0) is 6.54 Å². The molecule has 1 aromatic carbocycles. The lowest BCUT2D eigenvalue weighted by Gasteiger charge is -2.21. The van der Waals surface area contributed by atoms with Gasteiger partial charge >= 0.3 is 0 Å². The van der Waals surface area contributed by atoms with Gasteiger partial charge in [-0.1, -0.05) is 11.2 Å². The van der Waals surface area contributed by atoms with E-state index >= 15 is 0 Å². The first kappa shape index (κ1) is 17.5. The van der Waals surface area contributed by atoms with Gasteiger partial charge in [-0.2, -0.15) is 0 Å². The maximum absolute atomic E-state index is 10.2. The highest BCUT2D eigenvalue weighted by Crippen LogP contribution is 2.17. The molecule has 1 N–H and O–H groups in total. The van der Waals surface area contributed by atoms with Gasteiger partial charge in [-0.15, -0.1) is 0 Å². The molecule has 0 bridgehead atoms. The summed E-state index contributed by atoms with van der Waals surface area (Å²) in [7, 11) is 1.96. The maximum Gasteiger partial charge on any atom is 0.138 e. The summed E-state index contributed by atoms with van der Waals surface area (Å²) < 4.78 is 10.9. The maximum atomic E-state index is 10.2. The summed E-state index contributed by atoms with van der Waals surface area (Å²) in [4.78, 5) is 2.04. The van der Waals surface area contributed by atoms with Crippen molar-refractivity contribution < 1.29 is 14.4 Å². The van der Waals surface area contributed by atoms with Crippen molar-refractivity contribution in [2.45, 2.75) is 40.3 Å². The number of ether oxygens (including phenoxy) is 1. The lowest BCUT2D eigenvalue weighted by Crippen LogP contribution is -2.33. The number of aromatic nitrogens is 1. The molecule has 0 saturated heterocycles. The van der Waals surface area contributed by atoms with Crippen LogP contribution in [0.3, 0.4) is 0 Å². The smallest absolute Gasteiger partial charge is 0.138 e. The van der Waals surface area contributed by atoms with Crippen LogP contribution in [0.15, 0.2) is 22.7 Å². The van der Waals surface area contributed by atoms with Crippen LogP contribution in [0.2, 0.25) is 0 Å². The number of aliphatic hydroxyl groups excluding tert-OH is 1. The van der Waals surface area contributed by atoms with Gasteiger partial charge in [0.15, 0.2) is 0 Å². The number of aliphatic hydroxyl groups is 1. The van der Waals surface area contributed by atoms with Crippen LogP contribution in [-0.4, -0.2) is 41.5 Å². The van der Waals surface area contributed by atoms with Crippen LogP contribution < -0.4 is 4.74 Å². The number of aryl methyl sites for hydroxylation is 4. The summed E-state index contributed by atoms with van der Waals surface area (Å²) in [5.41, 5.74) is 4.29. The molecule has 1 aromatic heterocycles. The van der Waals surface area contributed by atoms with Crippen LogP contribution in [0.25, 0.3) is 0 Å². The fourth-order valence-corrected chi connectivity index (χ4v) is 2.68. The Hall–Kier alpha value is -1.85. The van der Waals surface area contributed by atoms with E-state index in [0.717, 1.165) is 33.9 Å². The Kier molecular flexibility index (Phi) is 5.80. The Balaban J connectivity index is 1.83. The molecule has 1 atom stereocenters. The Morgan fingerprint density at radius 1 is 1.17 bits per heavy atom. The topological polar surface area (TPSA) is 58.7 Å². The lowest BCUT2D eigenvalue weighted by atomic mass is 10.1. The molecule has 5 nitrogen and oxygen atoms in total. The molecule has 2 rings (SSSR count). The first-order valence-corrected chi connectivity index (χ1v) is 7.84. The molecule has 0 fully saturated rings. The SMILES string of the molecule is Cc1cc(C)cc(OCC(O)CN(C)Cc2c(C)noc2C)c1. The molecule has 5 heteroatoms. The fourth-order valence-electron chi connectivity index (χ4n) is 2.68. The number of likely N-dealkylation sites (N-methyl/N-ethyl adjacent to an activating group) is 1. The van der Waals surface area contributed by atoms with Crippen molar-refractivity contribution in [1.82, 2.24) is 10.1 Å². The van der Waals surface area contributed by atoms with Crippen LogP contribution in [0.1, 0.15) is 28.1 Å². The molecule has 0 aliphatic heterocycles. The lowest BCUT2D eigenvalue weighted by molar-refractivity contribution is 0.0742. The second-order valence-electron chi connectivity index (χ2n) is 6.29. The van der Waals surface area contributed by atoms with Gasteiger partial charge in [-0.05, 0) is 58.0 Å². The quantitative estimate of drug-likeness (QED) is 0.850. The Morgan fingerprint density at radius 3 is 2.39 bits per heavy atom. The Labute approximate surface area is 137 Å². The number of hydrogen-bond acceptors (Lipinski definition) is 5. The predicted octanol–water partition coefficient (Wildman–Crippen LogP) is 2.78. The van der Waals surface area contributed by atoms with E-state index in [1.54, 1.807) is 0 Å². The Bertz CT molecular complexity index is 612. The molecule has 0 aliphatic carbocycles. The van der Waals surface area contributed by atoms with Gasteiger partial charge < -0.3 is 14.4 Å². The Morgan fingerprint density at radius 2 is 1.83 bits per heavy atom. The number of hydrogen-bond donors (Lipinski definition) is 1. The molecule has 2 aromatic rings. The van der Waals surface area contributed by atoms with Gasteiger partial charge in [0, 0.05) is 18.7 Å². The van der Waals surface area contributed by atoms with Crippen molar-refractivity contribution in [2.75, 3.05) is 20.2 Å². The normalized spacial score (nSPS) is 12.7. The molecule has 0 spiro atoms. The average molecular weight is 318 g/mol. The highest BCUT2D eigenvalue weighted by Gasteiger charge is 2.14. The van der Waals surface area contributed by atoms with Crippen molar-refractivity contribution in [1.29, 1.82) is 0 Å². The summed E-state index contributed by atoms with van der Waals surface area (Å²) in [6, 6.07) is 6.06. The van der Waals surface area contributed by atoms with Crippen LogP contribution in [0.5, 0.6) is 5.75 Å². The summed E-state index contributed by atoms with van der Waals surface area (Å²) in [5.74, 6) is 1.63. The van der Waals surface area contributed by atoms with Gasteiger partial charge in [0.1, 0.15) is 24.2 Å².